The molecule has 5 heteroatoms. The molecule has 0 radical (unpaired) electrons. The number of carbonyl (C=O) groups is 1. The highest BCUT2D eigenvalue weighted by atomic mass is 16.2. The zero-order valence-electron chi connectivity index (χ0n) is 13.7. The molecule has 2 heterocycles. The molecular formula is C19H20N4O. The van der Waals surface area contributed by atoms with Gasteiger partial charge in [0.05, 0.1) is 11.6 Å². The van der Waals surface area contributed by atoms with E-state index in [1.807, 2.05) is 39.9 Å². The zero-order chi connectivity index (χ0) is 16.5. The Morgan fingerprint density at radius 2 is 1.83 bits per heavy atom. The lowest BCUT2D eigenvalue weighted by molar-refractivity contribution is 0.0691. The van der Waals surface area contributed by atoms with Crippen LogP contribution in [-0.4, -0.2) is 38.9 Å². The number of benzene rings is 2. The summed E-state index contributed by atoms with van der Waals surface area (Å²) in [5.74, 6) is 0.119. The predicted molar refractivity (Wildman–Crippen MR) is 92.9 cm³/mol. The molecule has 3 aromatic rings. The van der Waals surface area contributed by atoms with Crippen LogP contribution < -0.4 is 0 Å². The van der Waals surface area contributed by atoms with E-state index in [1.165, 1.54) is 5.56 Å². The number of rotatable bonds is 2. The van der Waals surface area contributed by atoms with Gasteiger partial charge in [0.2, 0.25) is 0 Å². The van der Waals surface area contributed by atoms with Gasteiger partial charge < -0.3 is 4.90 Å². The average molecular weight is 320 g/mol. The molecule has 1 aliphatic rings. The summed E-state index contributed by atoms with van der Waals surface area (Å²) < 4.78 is 2.03. The number of aryl methyl sites for hydroxylation is 1. The van der Waals surface area contributed by atoms with Gasteiger partial charge in [0, 0.05) is 18.7 Å². The highest BCUT2D eigenvalue weighted by molar-refractivity contribution is 5.94. The molecule has 1 saturated heterocycles. The van der Waals surface area contributed by atoms with Gasteiger partial charge in [0.15, 0.2) is 0 Å². The molecule has 0 spiro atoms. The van der Waals surface area contributed by atoms with Crippen molar-refractivity contribution in [3.05, 3.63) is 59.7 Å². The Hall–Kier alpha value is -2.69. The second-order valence-electron chi connectivity index (χ2n) is 6.42. The first kappa shape index (κ1) is 14.9. The van der Waals surface area contributed by atoms with E-state index in [1.54, 1.807) is 0 Å². The van der Waals surface area contributed by atoms with Crippen molar-refractivity contribution < 1.29 is 4.79 Å². The van der Waals surface area contributed by atoms with Crippen molar-refractivity contribution in [2.45, 2.75) is 25.8 Å². The van der Waals surface area contributed by atoms with Crippen molar-refractivity contribution in [2.75, 3.05) is 13.1 Å². The van der Waals surface area contributed by atoms with Crippen LogP contribution in [-0.2, 0) is 0 Å². The summed E-state index contributed by atoms with van der Waals surface area (Å²) in [6.07, 6.45) is 1.82. The molecule has 2 aromatic carbocycles. The number of nitrogens with zero attached hydrogens (tertiary/aromatic N) is 4. The summed E-state index contributed by atoms with van der Waals surface area (Å²) in [5, 5.41) is 8.64. The van der Waals surface area contributed by atoms with Gasteiger partial charge in [0.25, 0.3) is 5.91 Å². The normalized spacial score (nSPS) is 15.8. The molecule has 5 nitrogen and oxygen atoms in total. The van der Waals surface area contributed by atoms with Gasteiger partial charge in [-0.3, -0.25) is 4.79 Å². The molecular weight excluding hydrogens is 300 g/mol. The minimum Gasteiger partial charge on any atom is -0.338 e. The largest absolute Gasteiger partial charge is 0.338 e. The van der Waals surface area contributed by atoms with Crippen LogP contribution in [0.4, 0.5) is 0 Å². The molecule has 1 aliphatic heterocycles. The highest BCUT2D eigenvalue weighted by Crippen LogP contribution is 2.26. The Kier molecular flexibility index (Phi) is 3.76. The van der Waals surface area contributed by atoms with E-state index in [0.29, 0.717) is 6.04 Å². The molecule has 1 fully saturated rings. The number of piperidine rings is 1. The van der Waals surface area contributed by atoms with Gasteiger partial charge in [-0.1, -0.05) is 29.5 Å². The van der Waals surface area contributed by atoms with E-state index >= 15 is 0 Å². The predicted octanol–water partition coefficient (Wildman–Crippen LogP) is 3.22. The fourth-order valence-corrected chi connectivity index (χ4v) is 3.40. The first-order chi connectivity index (χ1) is 11.7. The Morgan fingerprint density at radius 3 is 2.58 bits per heavy atom. The fourth-order valence-electron chi connectivity index (χ4n) is 3.40. The van der Waals surface area contributed by atoms with Crippen molar-refractivity contribution in [3.63, 3.8) is 0 Å². The van der Waals surface area contributed by atoms with E-state index in [-0.39, 0.29) is 5.91 Å². The van der Waals surface area contributed by atoms with Crippen LogP contribution in [0.5, 0.6) is 0 Å². The summed E-state index contributed by atoms with van der Waals surface area (Å²) in [5.41, 5.74) is 3.97. The molecule has 0 unspecified atom stereocenters. The van der Waals surface area contributed by atoms with E-state index in [9.17, 15) is 4.79 Å². The molecule has 4 rings (SSSR count). The summed E-state index contributed by atoms with van der Waals surface area (Å²) in [7, 11) is 0. The fraction of sp³-hybridized carbons (Fsp3) is 0.316. The van der Waals surface area contributed by atoms with Crippen LogP contribution in [0.1, 0.15) is 34.8 Å². The molecule has 0 N–H and O–H groups in total. The maximum atomic E-state index is 12.5. The van der Waals surface area contributed by atoms with Crippen LogP contribution in [0.3, 0.4) is 0 Å². The second-order valence-corrected chi connectivity index (χ2v) is 6.42. The topological polar surface area (TPSA) is 51.0 Å². The summed E-state index contributed by atoms with van der Waals surface area (Å²) >= 11 is 0. The van der Waals surface area contributed by atoms with Crippen molar-refractivity contribution in [2.24, 2.45) is 0 Å². The van der Waals surface area contributed by atoms with Crippen molar-refractivity contribution in [1.29, 1.82) is 0 Å². The van der Waals surface area contributed by atoms with Crippen LogP contribution >= 0.6 is 0 Å². The average Bonchev–Trinajstić information content (AvgIpc) is 3.05. The number of carbonyl (C=O) groups excluding carboxylic acids is 1. The Labute approximate surface area is 140 Å². The molecule has 0 atom stereocenters. The van der Waals surface area contributed by atoms with Crippen molar-refractivity contribution in [3.8, 4) is 0 Å². The van der Waals surface area contributed by atoms with Gasteiger partial charge in [0.1, 0.15) is 5.52 Å². The smallest absolute Gasteiger partial charge is 0.253 e. The number of hydrogen-bond donors (Lipinski definition) is 0. The SMILES string of the molecule is Cc1ccc2c(c1)nnn2C1CCN(C(=O)c2ccccc2)CC1. The molecule has 1 amide bonds. The molecule has 0 saturated carbocycles. The van der Waals surface area contributed by atoms with Gasteiger partial charge in [-0.15, -0.1) is 5.10 Å². The summed E-state index contributed by atoms with van der Waals surface area (Å²) in [4.78, 5) is 14.5. The van der Waals surface area contributed by atoms with Crippen LogP contribution in [0.2, 0.25) is 0 Å². The summed E-state index contributed by atoms with van der Waals surface area (Å²) in [6, 6.07) is 16.0. The molecule has 0 aliphatic carbocycles. The standard InChI is InChI=1S/C19H20N4O/c1-14-7-8-18-17(13-14)20-21-23(18)16-9-11-22(12-10-16)19(24)15-5-3-2-4-6-15/h2-8,13,16H,9-12H2,1H3. The lowest BCUT2D eigenvalue weighted by atomic mass is 10.0. The van der Waals surface area contributed by atoms with E-state index < -0.39 is 0 Å². The molecule has 24 heavy (non-hydrogen) atoms. The zero-order valence-corrected chi connectivity index (χ0v) is 13.7. The van der Waals surface area contributed by atoms with E-state index in [4.69, 9.17) is 0 Å². The van der Waals surface area contributed by atoms with Crippen LogP contribution in [0, 0.1) is 6.92 Å². The third-order valence-electron chi connectivity index (χ3n) is 4.74. The Bertz CT molecular complexity index is 863. The Balaban J connectivity index is 1.48. The monoisotopic (exact) mass is 320 g/mol. The van der Waals surface area contributed by atoms with Crippen LogP contribution in [0.25, 0.3) is 11.0 Å². The highest BCUT2D eigenvalue weighted by Gasteiger charge is 2.26. The van der Waals surface area contributed by atoms with Gasteiger partial charge in [-0.25, -0.2) is 4.68 Å². The number of likely N-dealkylation sites (tertiary alicyclic amines) is 1. The van der Waals surface area contributed by atoms with Gasteiger partial charge in [-0.05, 0) is 49.6 Å². The number of fused-ring (bicyclic) bond motifs is 1. The van der Waals surface area contributed by atoms with E-state index in [2.05, 4.69) is 35.4 Å². The maximum Gasteiger partial charge on any atom is 0.253 e. The first-order valence-electron chi connectivity index (χ1n) is 8.38. The lowest BCUT2D eigenvalue weighted by Crippen LogP contribution is -2.39. The number of hydrogen-bond acceptors (Lipinski definition) is 3. The van der Waals surface area contributed by atoms with E-state index in [0.717, 1.165) is 42.5 Å². The van der Waals surface area contributed by atoms with Gasteiger partial charge >= 0.3 is 0 Å². The summed E-state index contributed by atoms with van der Waals surface area (Å²) in [6.45, 7) is 3.57. The third-order valence-corrected chi connectivity index (χ3v) is 4.74. The maximum absolute atomic E-state index is 12.5. The quantitative estimate of drug-likeness (QED) is 0.728. The lowest BCUT2D eigenvalue weighted by Gasteiger charge is -2.32. The number of amides is 1. The van der Waals surface area contributed by atoms with Crippen LogP contribution in [0.15, 0.2) is 48.5 Å². The molecule has 1 aromatic heterocycles. The van der Waals surface area contributed by atoms with Gasteiger partial charge in [-0.2, -0.15) is 0 Å². The molecule has 122 valence electrons. The minimum absolute atomic E-state index is 0.119. The van der Waals surface area contributed by atoms with Crippen molar-refractivity contribution in [1.82, 2.24) is 19.9 Å². The number of aromatic nitrogens is 3. The second kappa shape index (κ2) is 6.07. The Morgan fingerprint density at radius 1 is 1.08 bits per heavy atom. The minimum atomic E-state index is 0.119. The van der Waals surface area contributed by atoms with Crippen molar-refractivity contribution >= 4 is 16.9 Å². The molecule has 0 bridgehead atoms. The third kappa shape index (κ3) is 2.66. The first-order valence-corrected chi connectivity index (χ1v) is 8.38.